The van der Waals surface area contributed by atoms with Gasteiger partial charge in [-0.05, 0) is 47.5 Å². The van der Waals surface area contributed by atoms with Gasteiger partial charge in [-0.1, -0.05) is 42.1 Å². The lowest BCUT2D eigenvalue weighted by atomic mass is 10.1. The molecular formula is C13H19Br2N. The Balaban J connectivity index is 2.46. The molecule has 0 heterocycles. The van der Waals surface area contributed by atoms with Gasteiger partial charge < -0.3 is 5.32 Å². The Bertz CT molecular complexity index is 326. The highest BCUT2D eigenvalue weighted by Crippen LogP contribution is 2.27. The molecule has 0 saturated heterocycles. The van der Waals surface area contributed by atoms with E-state index in [2.05, 4.69) is 69.2 Å². The van der Waals surface area contributed by atoms with Gasteiger partial charge in [-0.3, -0.25) is 0 Å². The van der Waals surface area contributed by atoms with E-state index in [1.54, 1.807) is 0 Å². The van der Waals surface area contributed by atoms with Gasteiger partial charge in [-0.15, -0.1) is 0 Å². The molecule has 0 aliphatic heterocycles. The van der Waals surface area contributed by atoms with Crippen molar-refractivity contribution >= 4 is 37.5 Å². The fourth-order valence-electron chi connectivity index (χ4n) is 1.64. The summed E-state index contributed by atoms with van der Waals surface area (Å²) in [4.78, 5) is 0. The Kier molecular flexibility index (Phi) is 6.44. The number of hydrogen-bond acceptors (Lipinski definition) is 1. The molecular weight excluding hydrogens is 330 g/mol. The monoisotopic (exact) mass is 347 g/mol. The summed E-state index contributed by atoms with van der Waals surface area (Å²) in [5, 5.41) is 3.53. The first kappa shape index (κ1) is 14.0. The summed E-state index contributed by atoms with van der Waals surface area (Å²) in [6.45, 7) is 4.48. The van der Waals surface area contributed by atoms with Gasteiger partial charge in [0, 0.05) is 20.7 Å². The SMILES string of the molecule is CCCCCC(C)Nc1ccc(Br)cc1Br. The average molecular weight is 349 g/mol. The van der Waals surface area contributed by atoms with Crippen LogP contribution >= 0.6 is 31.9 Å². The van der Waals surface area contributed by atoms with Crippen LogP contribution < -0.4 is 5.32 Å². The van der Waals surface area contributed by atoms with E-state index in [0.717, 1.165) is 8.95 Å². The second kappa shape index (κ2) is 7.33. The standard InChI is InChI=1S/C13H19Br2N/c1-3-4-5-6-10(2)16-13-8-7-11(14)9-12(13)15/h7-10,16H,3-6H2,1-2H3. The van der Waals surface area contributed by atoms with Gasteiger partial charge in [-0.25, -0.2) is 0 Å². The van der Waals surface area contributed by atoms with Crippen LogP contribution in [-0.2, 0) is 0 Å². The zero-order chi connectivity index (χ0) is 12.0. The van der Waals surface area contributed by atoms with E-state index in [-0.39, 0.29) is 0 Å². The molecule has 0 aromatic heterocycles. The third kappa shape index (κ3) is 4.88. The minimum atomic E-state index is 0.532. The largest absolute Gasteiger partial charge is 0.382 e. The quantitative estimate of drug-likeness (QED) is 0.660. The summed E-state index contributed by atoms with van der Waals surface area (Å²) >= 11 is 7.02. The van der Waals surface area contributed by atoms with Crippen LogP contribution in [0.2, 0.25) is 0 Å². The Labute approximate surface area is 115 Å². The minimum Gasteiger partial charge on any atom is -0.382 e. The Morgan fingerprint density at radius 3 is 2.62 bits per heavy atom. The van der Waals surface area contributed by atoms with Crippen LogP contribution in [0.15, 0.2) is 27.1 Å². The molecule has 1 rings (SSSR count). The van der Waals surface area contributed by atoms with Crippen molar-refractivity contribution in [1.29, 1.82) is 0 Å². The molecule has 0 bridgehead atoms. The topological polar surface area (TPSA) is 12.0 Å². The predicted octanol–water partition coefficient (Wildman–Crippen LogP) is 5.59. The van der Waals surface area contributed by atoms with E-state index in [4.69, 9.17) is 0 Å². The highest BCUT2D eigenvalue weighted by molar-refractivity contribution is 9.11. The molecule has 90 valence electrons. The lowest BCUT2D eigenvalue weighted by molar-refractivity contribution is 0.615. The van der Waals surface area contributed by atoms with Crippen LogP contribution in [0.5, 0.6) is 0 Å². The summed E-state index contributed by atoms with van der Waals surface area (Å²) in [7, 11) is 0. The Morgan fingerprint density at radius 1 is 1.25 bits per heavy atom. The first-order chi connectivity index (χ1) is 7.63. The number of rotatable bonds is 6. The van der Waals surface area contributed by atoms with E-state index in [9.17, 15) is 0 Å². The number of halogens is 2. The van der Waals surface area contributed by atoms with E-state index in [1.165, 1.54) is 31.4 Å². The zero-order valence-electron chi connectivity index (χ0n) is 9.89. The molecule has 16 heavy (non-hydrogen) atoms. The van der Waals surface area contributed by atoms with Gasteiger partial charge in [0.25, 0.3) is 0 Å². The average Bonchev–Trinajstić information content (AvgIpc) is 2.23. The first-order valence-corrected chi connectivity index (χ1v) is 7.43. The Hall–Kier alpha value is -0.0200. The molecule has 3 heteroatoms. The zero-order valence-corrected chi connectivity index (χ0v) is 13.1. The molecule has 1 atom stereocenters. The van der Waals surface area contributed by atoms with Crippen LogP contribution in [0.25, 0.3) is 0 Å². The van der Waals surface area contributed by atoms with Crippen molar-refractivity contribution in [2.24, 2.45) is 0 Å². The number of benzene rings is 1. The van der Waals surface area contributed by atoms with Crippen molar-refractivity contribution < 1.29 is 0 Å². The third-order valence-electron chi connectivity index (χ3n) is 2.57. The van der Waals surface area contributed by atoms with Gasteiger partial charge in [0.05, 0.1) is 0 Å². The molecule has 0 saturated carbocycles. The van der Waals surface area contributed by atoms with Crippen molar-refractivity contribution in [3.63, 3.8) is 0 Å². The number of hydrogen-bond donors (Lipinski definition) is 1. The van der Waals surface area contributed by atoms with Crippen molar-refractivity contribution in [3.05, 3.63) is 27.1 Å². The smallest absolute Gasteiger partial charge is 0.0487 e. The molecule has 0 amide bonds. The van der Waals surface area contributed by atoms with Crippen molar-refractivity contribution in [2.75, 3.05) is 5.32 Å². The highest BCUT2D eigenvalue weighted by atomic mass is 79.9. The van der Waals surface area contributed by atoms with Crippen LogP contribution in [0.4, 0.5) is 5.69 Å². The summed E-state index contributed by atoms with van der Waals surface area (Å²) in [5.41, 5.74) is 1.17. The molecule has 0 spiro atoms. The number of unbranched alkanes of at least 4 members (excludes halogenated alkanes) is 2. The van der Waals surface area contributed by atoms with Crippen molar-refractivity contribution in [1.82, 2.24) is 0 Å². The number of anilines is 1. The highest BCUT2D eigenvalue weighted by Gasteiger charge is 2.05. The maximum Gasteiger partial charge on any atom is 0.0487 e. The second-order valence-corrected chi connectivity index (χ2v) is 5.94. The van der Waals surface area contributed by atoms with Gasteiger partial charge in [-0.2, -0.15) is 0 Å². The summed E-state index contributed by atoms with van der Waals surface area (Å²) < 4.78 is 2.22. The molecule has 1 N–H and O–H groups in total. The summed E-state index contributed by atoms with van der Waals surface area (Å²) in [6.07, 6.45) is 5.15. The molecule has 0 aliphatic rings. The molecule has 0 aliphatic carbocycles. The van der Waals surface area contributed by atoms with E-state index in [1.807, 2.05) is 0 Å². The first-order valence-electron chi connectivity index (χ1n) is 5.85. The fraction of sp³-hybridized carbons (Fsp3) is 0.538. The molecule has 0 radical (unpaired) electrons. The van der Waals surface area contributed by atoms with Gasteiger partial charge in [0.1, 0.15) is 0 Å². The maximum atomic E-state index is 3.56. The Morgan fingerprint density at radius 2 is 2.00 bits per heavy atom. The van der Waals surface area contributed by atoms with Crippen LogP contribution in [-0.4, -0.2) is 6.04 Å². The predicted molar refractivity (Wildman–Crippen MR) is 79.1 cm³/mol. The molecule has 1 aromatic carbocycles. The van der Waals surface area contributed by atoms with Gasteiger partial charge >= 0.3 is 0 Å². The molecule has 0 fully saturated rings. The maximum absolute atomic E-state index is 3.56. The van der Waals surface area contributed by atoms with E-state index in [0.29, 0.717) is 6.04 Å². The van der Waals surface area contributed by atoms with Crippen molar-refractivity contribution in [3.8, 4) is 0 Å². The molecule has 1 nitrogen and oxygen atoms in total. The summed E-state index contributed by atoms with van der Waals surface area (Å²) in [5.74, 6) is 0. The van der Waals surface area contributed by atoms with E-state index < -0.39 is 0 Å². The van der Waals surface area contributed by atoms with Gasteiger partial charge in [0.15, 0.2) is 0 Å². The lowest BCUT2D eigenvalue weighted by Crippen LogP contribution is -2.15. The van der Waals surface area contributed by atoms with Crippen LogP contribution in [0.1, 0.15) is 39.5 Å². The summed E-state index contributed by atoms with van der Waals surface area (Å²) in [6, 6.07) is 6.77. The number of nitrogens with one attached hydrogen (secondary N) is 1. The molecule has 1 aromatic rings. The van der Waals surface area contributed by atoms with Crippen molar-refractivity contribution in [2.45, 2.75) is 45.6 Å². The minimum absolute atomic E-state index is 0.532. The van der Waals surface area contributed by atoms with Crippen LogP contribution in [0.3, 0.4) is 0 Å². The normalized spacial score (nSPS) is 12.5. The molecule has 1 unspecified atom stereocenters. The van der Waals surface area contributed by atoms with Gasteiger partial charge in [0.2, 0.25) is 0 Å². The fourth-order valence-corrected chi connectivity index (χ4v) is 2.81. The third-order valence-corrected chi connectivity index (χ3v) is 3.72. The van der Waals surface area contributed by atoms with Crippen LogP contribution in [0, 0.1) is 0 Å². The lowest BCUT2D eigenvalue weighted by Gasteiger charge is -2.16. The second-order valence-electron chi connectivity index (χ2n) is 4.17. The van der Waals surface area contributed by atoms with E-state index >= 15 is 0 Å².